The predicted octanol–water partition coefficient (Wildman–Crippen LogP) is 2.78. The first kappa shape index (κ1) is 8.52. The summed E-state index contributed by atoms with van der Waals surface area (Å²) in [5.41, 5.74) is 2.34. The van der Waals surface area contributed by atoms with E-state index in [-0.39, 0.29) is 0 Å². The zero-order valence-electron chi connectivity index (χ0n) is 7.77. The van der Waals surface area contributed by atoms with Crippen molar-refractivity contribution in [2.45, 2.75) is 25.4 Å². The lowest BCUT2D eigenvalue weighted by Crippen LogP contribution is -2.08. The Labute approximate surface area is 78.7 Å². The minimum absolute atomic E-state index is 0.404. The van der Waals surface area contributed by atoms with Crippen LogP contribution in [0.5, 0.6) is 0 Å². The molecule has 0 aromatic heterocycles. The Morgan fingerprint density at radius 1 is 1.15 bits per heavy atom. The number of aliphatic hydroxyl groups is 1. The number of rotatable bonds is 1. The summed E-state index contributed by atoms with van der Waals surface area (Å²) < 4.78 is 0. The van der Waals surface area contributed by atoms with Crippen molar-refractivity contribution in [3.63, 3.8) is 0 Å². The highest BCUT2D eigenvalue weighted by atomic mass is 16.3. The fourth-order valence-electron chi connectivity index (χ4n) is 1.92. The van der Waals surface area contributed by atoms with Gasteiger partial charge in [0.15, 0.2) is 0 Å². The smallest absolute Gasteiger partial charge is 0.0974 e. The maximum Gasteiger partial charge on any atom is 0.0974 e. The highest BCUT2D eigenvalue weighted by Gasteiger charge is 2.18. The molecule has 0 radical (unpaired) electrons. The molecule has 68 valence electrons. The van der Waals surface area contributed by atoms with Crippen molar-refractivity contribution in [1.82, 2.24) is 0 Å². The minimum atomic E-state index is -0.404. The molecule has 0 spiro atoms. The van der Waals surface area contributed by atoms with E-state index in [1.54, 1.807) is 0 Å². The van der Waals surface area contributed by atoms with Crippen molar-refractivity contribution in [2.75, 3.05) is 0 Å². The first-order valence-corrected chi connectivity index (χ1v) is 4.78. The average Bonchev–Trinajstić information content (AvgIpc) is 2.19. The number of fused-ring (bicyclic) bond motifs is 1. The van der Waals surface area contributed by atoms with E-state index < -0.39 is 6.10 Å². The first-order chi connectivity index (χ1) is 6.33. The second kappa shape index (κ2) is 3.35. The van der Waals surface area contributed by atoms with E-state index in [4.69, 9.17) is 0 Å². The molecule has 1 N–H and O–H groups in total. The molecule has 0 aliphatic heterocycles. The SMILES string of the molecule is CC[C@H]1C=C[C@H](O)c2ccccc21. The third-order valence-electron chi connectivity index (χ3n) is 2.68. The van der Waals surface area contributed by atoms with E-state index in [0.29, 0.717) is 5.92 Å². The summed E-state index contributed by atoms with van der Waals surface area (Å²) >= 11 is 0. The Morgan fingerprint density at radius 3 is 2.54 bits per heavy atom. The molecule has 0 saturated carbocycles. The van der Waals surface area contributed by atoms with Crippen LogP contribution in [0.2, 0.25) is 0 Å². The van der Waals surface area contributed by atoms with Gasteiger partial charge >= 0.3 is 0 Å². The molecule has 2 rings (SSSR count). The molecule has 1 aromatic rings. The van der Waals surface area contributed by atoms with Crippen LogP contribution in [0.25, 0.3) is 0 Å². The van der Waals surface area contributed by atoms with Crippen LogP contribution < -0.4 is 0 Å². The number of aliphatic hydroxyl groups excluding tert-OH is 1. The van der Waals surface area contributed by atoms with Crippen LogP contribution >= 0.6 is 0 Å². The molecule has 1 aliphatic carbocycles. The molecule has 2 atom stereocenters. The van der Waals surface area contributed by atoms with Gasteiger partial charge in [-0.15, -0.1) is 0 Å². The Morgan fingerprint density at radius 2 is 1.85 bits per heavy atom. The molecule has 0 heterocycles. The Bertz CT molecular complexity index is 328. The van der Waals surface area contributed by atoms with Gasteiger partial charge < -0.3 is 5.11 Å². The van der Waals surface area contributed by atoms with E-state index >= 15 is 0 Å². The van der Waals surface area contributed by atoms with Crippen molar-refractivity contribution in [2.24, 2.45) is 0 Å². The Kier molecular flexibility index (Phi) is 2.19. The molecular weight excluding hydrogens is 160 g/mol. The van der Waals surface area contributed by atoms with Crippen LogP contribution in [0.3, 0.4) is 0 Å². The van der Waals surface area contributed by atoms with Gasteiger partial charge in [0, 0.05) is 5.92 Å². The monoisotopic (exact) mass is 174 g/mol. The molecule has 0 amide bonds. The van der Waals surface area contributed by atoms with Crippen molar-refractivity contribution in [3.05, 3.63) is 47.5 Å². The van der Waals surface area contributed by atoms with Gasteiger partial charge in [-0.2, -0.15) is 0 Å². The lowest BCUT2D eigenvalue weighted by molar-refractivity contribution is 0.224. The molecule has 1 nitrogen and oxygen atoms in total. The summed E-state index contributed by atoms with van der Waals surface area (Å²) in [6, 6.07) is 8.13. The molecule has 0 unspecified atom stereocenters. The Balaban J connectivity index is 2.48. The highest BCUT2D eigenvalue weighted by molar-refractivity contribution is 5.39. The summed E-state index contributed by atoms with van der Waals surface area (Å²) in [6.45, 7) is 2.17. The molecule has 1 aromatic carbocycles. The standard InChI is InChI=1S/C12H14O/c1-2-9-7-8-12(13)11-6-4-3-5-10(9)11/h3-9,12-13H,2H2,1H3/t9-,12-/m0/s1. The van der Waals surface area contributed by atoms with Crippen molar-refractivity contribution in [3.8, 4) is 0 Å². The summed E-state index contributed by atoms with van der Waals surface area (Å²) in [5.74, 6) is 0.486. The van der Waals surface area contributed by atoms with E-state index in [0.717, 1.165) is 12.0 Å². The quantitative estimate of drug-likeness (QED) is 0.649. The minimum Gasteiger partial charge on any atom is -0.384 e. The highest BCUT2D eigenvalue weighted by Crippen LogP contribution is 2.33. The van der Waals surface area contributed by atoms with Gasteiger partial charge in [0.2, 0.25) is 0 Å². The van der Waals surface area contributed by atoms with Gasteiger partial charge in [0.25, 0.3) is 0 Å². The predicted molar refractivity (Wildman–Crippen MR) is 53.6 cm³/mol. The lowest BCUT2D eigenvalue weighted by atomic mass is 9.85. The third kappa shape index (κ3) is 1.40. The number of hydrogen-bond donors (Lipinski definition) is 1. The van der Waals surface area contributed by atoms with Gasteiger partial charge in [-0.3, -0.25) is 0 Å². The summed E-state index contributed by atoms with van der Waals surface area (Å²) in [7, 11) is 0. The van der Waals surface area contributed by atoms with E-state index in [1.165, 1.54) is 5.56 Å². The fraction of sp³-hybridized carbons (Fsp3) is 0.333. The molecule has 13 heavy (non-hydrogen) atoms. The van der Waals surface area contributed by atoms with Gasteiger partial charge in [-0.25, -0.2) is 0 Å². The lowest BCUT2D eigenvalue weighted by Gasteiger charge is -2.22. The van der Waals surface area contributed by atoms with Gasteiger partial charge in [0.1, 0.15) is 0 Å². The van der Waals surface area contributed by atoms with Crippen LogP contribution in [-0.2, 0) is 0 Å². The van der Waals surface area contributed by atoms with Crippen LogP contribution in [0.1, 0.15) is 36.5 Å². The molecule has 0 fully saturated rings. The van der Waals surface area contributed by atoms with Crippen molar-refractivity contribution >= 4 is 0 Å². The van der Waals surface area contributed by atoms with Crippen LogP contribution in [0.4, 0.5) is 0 Å². The largest absolute Gasteiger partial charge is 0.384 e. The van der Waals surface area contributed by atoms with Gasteiger partial charge in [0.05, 0.1) is 6.10 Å². The number of benzene rings is 1. The maximum absolute atomic E-state index is 9.69. The number of allylic oxidation sites excluding steroid dienone is 1. The molecule has 1 aliphatic rings. The van der Waals surface area contributed by atoms with Gasteiger partial charge in [-0.1, -0.05) is 43.3 Å². The first-order valence-electron chi connectivity index (χ1n) is 4.78. The fourth-order valence-corrected chi connectivity index (χ4v) is 1.92. The summed E-state index contributed by atoms with van der Waals surface area (Å²) in [5, 5.41) is 9.69. The topological polar surface area (TPSA) is 20.2 Å². The van der Waals surface area contributed by atoms with Crippen LogP contribution in [0.15, 0.2) is 36.4 Å². The second-order valence-corrected chi connectivity index (χ2v) is 3.47. The number of hydrogen-bond acceptors (Lipinski definition) is 1. The maximum atomic E-state index is 9.69. The van der Waals surface area contributed by atoms with E-state index in [9.17, 15) is 5.11 Å². The summed E-state index contributed by atoms with van der Waals surface area (Å²) in [6.07, 6.45) is 4.68. The molecule has 1 heteroatoms. The summed E-state index contributed by atoms with van der Waals surface area (Å²) in [4.78, 5) is 0. The zero-order valence-corrected chi connectivity index (χ0v) is 7.77. The second-order valence-electron chi connectivity index (χ2n) is 3.47. The average molecular weight is 174 g/mol. The zero-order chi connectivity index (χ0) is 9.26. The van der Waals surface area contributed by atoms with Crippen molar-refractivity contribution in [1.29, 1.82) is 0 Å². The molecule has 0 saturated heterocycles. The Hall–Kier alpha value is -1.08. The van der Waals surface area contributed by atoms with Crippen LogP contribution in [0, 0.1) is 0 Å². The van der Waals surface area contributed by atoms with Crippen molar-refractivity contribution < 1.29 is 5.11 Å². The normalized spacial score (nSPS) is 25.7. The van der Waals surface area contributed by atoms with Gasteiger partial charge in [-0.05, 0) is 17.5 Å². The molecule has 0 bridgehead atoms. The van der Waals surface area contributed by atoms with Crippen LogP contribution in [-0.4, -0.2) is 5.11 Å². The molecular formula is C12H14O. The van der Waals surface area contributed by atoms with E-state index in [2.05, 4.69) is 19.1 Å². The van der Waals surface area contributed by atoms with E-state index in [1.807, 2.05) is 24.3 Å². The third-order valence-corrected chi connectivity index (χ3v) is 2.68.